The minimum atomic E-state index is -0.300. The van der Waals surface area contributed by atoms with Gasteiger partial charge in [0.25, 0.3) is 5.91 Å². The summed E-state index contributed by atoms with van der Waals surface area (Å²) in [5.74, 6) is 0.148. The second-order valence-corrected chi connectivity index (χ2v) is 5.34. The van der Waals surface area contributed by atoms with Crippen LogP contribution >= 0.6 is 23.2 Å². The molecule has 0 radical (unpaired) electrons. The van der Waals surface area contributed by atoms with Crippen LogP contribution in [0.15, 0.2) is 36.4 Å². The molecule has 0 heterocycles. The quantitative estimate of drug-likeness (QED) is 0.838. The smallest absolute Gasteiger partial charge is 0.262 e. The highest BCUT2D eigenvalue weighted by Crippen LogP contribution is 2.31. The van der Waals surface area contributed by atoms with Crippen molar-refractivity contribution in [2.24, 2.45) is 0 Å². The van der Waals surface area contributed by atoms with Crippen molar-refractivity contribution in [1.82, 2.24) is 0 Å². The first-order valence-corrected chi connectivity index (χ1v) is 6.95. The second-order valence-electron chi connectivity index (χ2n) is 4.50. The number of rotatable bonds is 4. The molecule has 0 atom stereocenters. The van der Waals surface area contributed by atoms with Crippen molar-refractivity contribution in [2.75, 3.05) is 17.7 Å². The monoisotopic (exact) mass is 324 g/mol. The molecular weight excluding hydrogens is 311 g/mol. The Morgan fingerprint density at radius 1 is 1.29 bits per heavy atom. The van der Waals surface area contributed by atoms with Gasteiger partial charge in [0.05, 0.1) is 5.02 Å². The number of anilines is 2. The van der Waals surface area contributed by atoms with Gasteiger partial charge < -0.3 is 15.8 Å². The molecular formula is C15H14Cl2N2O2. The Hall–Kier alpha value is -1.91. The summed E-state index contributed by atoms with van der Waals surface area (Å²) in [6.07, 6.45) is 0. The Balaban J connectivity index is 1.99. The Labute approximate surface area is 132 Å². The molecule has 0 aliphatic heterocycles. The van der Waals surface area contributed by atoms with E-state index in [-0.39, 0.29) is 12.5 Å². The summed E-state index contributed by atoms with van der Waals surface area (Å²) in [5, 5.41) is 3.58. The van der Waals surface area contributed by atoms with Gasteiger partial charge in [-0.2, -0.15) is 0 Å². The highest BCUT2D eigenvalue weighted by atomic mass is 35.5. The molecule has 1 amide bonds. The molecule has 6 heteroatoms. The molecule has 2 rings (SSSR count). The van der Waals surface area contributed by atoms with Crippen molar-refractivity contribution in [1.29, 1.82) is 0 Å². The molecule has 0 saturated carbocycles. The summed E-state index contributed by atoms with van der Waals surface area (Å²) >= 11 is 11.9. The van der Waals surface area contributed by atoms with Gasteiger partial charge in [-0.15, -0.1) is 0 Å². The average Bonchev–Trinajstić information content (AvgIpc) is 2.37. The van der Waals surface area contributed by atoms with E-state index in [9.17, 15) is 4.79 Å². The van der Waals surface area contributed by atoms with Crippen molar-refractivity contribution in [3.63, 3.8) is 0 Å². The van der Waals surface area contributed by atoms with E-state index in [1.54, 1.807) is 36.4 Å². The van der Waals surface area contributed by atoms with E-state index in [0.29, 0.717) is 27.2 Å². The first-order chi connectivity index (χ1) is 9.95. The molecule has 2 aromatic carbocycles. The van der Waals surface area contributed by atoms with Crippen molar-refractivity contribution in [2.45, 2.75) is 6.92 Å². The van der Waals surface area contributed by atoms with Crippen LogP contribution in [0.5, 0.6) is 5.75 Å². The molecule has 0 spiro atoms. The van der Waals surface area contributed by atoms with Crippen LogP contribution in [0.3, 0.4) is 0 Å². The molecule has 0 aromatic heterocycles. The van der Waals surface area contributed by atoms with E-state index < -0.39 is 0 Å². The van der Waals surface area contributed by atoms with Gasteiger partial charge in [0.2, 0.25) is 0 Å². The Bertz CT molecular complexity index is 651. The van der Waals surface area contributed by atoms with Gasteiger partial charge in [-0.05, 0) is 42.8 Å². The SMILES string of the molecule is Cc1cc(Cl)cc(Cl)c1OCC(=O)Nc1cccc(N)c1. The zero-order valence-electron chi connectivity index (χ0n) is 11.3. The standard InChI is InChI=1S/C15H14Cl2N2O2/c1-9-5-10(16)6-13(17)15(9)21-8-14(20)19-12-4-2-3-11(18)7-12/h2-7H,8,18H2,1H3,(H,19,20). The molecule has 4 nitrogen and oxygen atoms in total. The molecule has 0 aliphatic rings. The topological polar surface area (TPSA) is 64.3 Å². The average molecular weight is 325 g/mol. The lowest BCUT2D eigenvalue weighted by Gasteiger charge is -2.11. The van der Waals surface area contributed by atoms with E-state index in [0.717, 1.165) is 5.56 Å². The van der Waals surface area contributed by atoms with E-state index in [1.165, 1.54) is 0 Å². The van der Waals surface area contributed by atoms with Crippen LogP contribution in [0.25, 0.3) is 0 Å². The lowest BCUT2D eigenvalue weighted by atomic mass is 10.2. The van der Waals surface area contributed by atoms with Crippen molar-refractivity contribution < 1.29 is 9.53 Å². The second kappa shape index (κ2) is 6.70. The summed E-state index contributed by atoms with van der Waals surface area (Å²) in [5.41, 5.74) is 7.60. The van der Waals surface area contributed by atoms with Gasteiger partial charge in [0.15, 0.2) is 6.61 Å². The van der Waals surface area contributed by atoms with E-state index >= 15 is 0 Å². The normalized spacial score (nSPS) is 10.2. The van der Waals surface area contributed by atoms with Crippen LogP contribution in [0.4, 0.5) is 11.4 Å². The molecule has 110 valence electrons. The predicted molar refractivity (Wildman–Crippen MR) is 86.2 cm³/mol. The maximum Gasteiger partial charge on any atom is 0.262 e. The van der Waals surface area contributed by atoms with E-state index in [1.807, 2.05) is 6.92 Å². The zero-order valence-corrected chi connectivity index (χ0v) is 12.8. The number of nitrogens with two attached hydrogens (primary N) is 1. The Morgan fingerprint density at radius 3 is 2.71 bits per heavy atom. The number of amides is 1. The van der Waals surface area contributed by atoms with Crippen LogP contribution in [-0.2, 0) is 4.79 Å². The maximum absolute atomic E-state index is 11.8. The number of ether oxygens (including phenoxy) is 1. The number of nitrogen functional groups attached to an aromatic ring is 1. The van der Waals surface area contributed by atoms with Crippen LogP contribution in [0, 0.1) is 6.92 Å². The maximum atomic E-state index is 11.8. The summed E-state index contributed by atoms with van der Waals surface area (Å²) in [4.78, 5) is 11.8. The number of hydrogen-bond acceptors (Lipinski definition) is 3. The summed E-state index contributed by atoms with van der Waals surface area (Å²) in [7, 11) is 0. The number of aryl methyl sites for hydroxylation is 1. The highest BCUT2D eigenvalue weighted by Gasteiger charge is 2.10. The molecule has 0 fully saturated rings. The third kappa shape index (κ3) is 4.28. The predicted octanol–water partition coefficient (Wildman–Crippen LogP) is 3.90. The zero-order chi connectivity index (χ0) is 15.4. The third-order valence-corrected chi connectivity index (χ3v) is 3.21. The van der Waals surface area contributed by atoms with Gasteiger partial charge in [-0.3, -0.25) is 4.79 Å². The number of hydrogen-bond donors (Lipinski definition) is 2. The molecule has 0 unspecified atom stereocenters. The number of carbonyl (C=O) groups excluding carboxylic acids is 1. The number of carbonyl (C=O) groups is 1. The molecule has 3 N–H and O–H groups in total. The number of benzene rings is 2. The van der Waals surface area contributed by atoms with Crippen LogP contribution in [0.2, 0.25) is 10.0 Å². The van der Waals surface area contributed by atoms with E-state index in [4.69, 9.17) is 33.7 Å². The fourth-order valence-electron chi connectivity index (χ4n) is 1.82. The minimum Gasteiger partial charge on any atom is -0.482 e. The highest BCUT2D eigenvalue weighted by molar-refractivity contribution is 6.35. The summed E-state index contributed by atoms with van der Waals surface area (Å²) in [6.45, 7) is 1.65. The molecule has 2 aromatic rings. The first kappa shape index (κ1) is 15.5. The van der Waals surface area contributed by atoms with Gasteiger partial charge >= 0.3 is 0 Å². The van der Waals surface area contributed by atoms with Crippen LogP contribution in [-0.4, -0.2) is 12.5 Å². The van der Waals surface area contributed by atoms with Crippen molar-refractivity contribution >= 4 is 40.5 Å². The molecule has 0 aliphatic carbocycles. The van der Waals surface area contributed by atoms with Crippen LogP contribution < -0.4 is 15.8 Å². The molecule has 0 saturated heterocycles. The number of halogens is 2. The van der Waals surface area contributed by atoms with Crippen LogP contribution in [0.1, 0.15) is 5.56 Å². The fourth-order valence-corrected chi connectivity index (χ4v) is 2.47. The summed E-state index contributed by atoms with van der Waals surface area (Å²) in [6, 6.07) is 10.2. The fraction of sp³-hybridized carbons (Fsp3) is 0.133. The van der Waals surface area contributed by atoms with Gasteiger partial charge in [-0.1, -0.05) is 29.3 Å². The lowest BCUT2D eigenvalue weighted by molar-refractivity contribution is -0.118. The van der Waals surface area contributed by atoms with E-state index in [2.05, 4.69) is 5.32 Å². The summed E-state index contributed by atoms with van der Waals surface area (Å²) < 4.78 is 5.45. The third-order valence-electron chi connectivity index (χ3n) is 2.71. The van der Waals surface area contributed by atoms with Crippen molar-refractivity contribution in [3.05, 3.63) is 52.0 Å². The van der Waals surface area contributed by atoms with Gasteiger partial charge in [-0.25, -0.2) is 0 Å². The van der Waals surface area contributed by atoms with Crippen molar-refractivity contribution in [3.8, 4) is 5.75 Å². The van der Waals surface area contributed by atoms with Gasteiger partial charge in [0.1, 0.15) is 5.75 Å². The molecule has 0 bridgehead atoms. The lowest BCUT2D eigenvalue weighted by Crippen LogP contribution is -2.20. The molecule has 21 heavy (non-hydrogen) atoms. The largest absolute Gasteiger partial charge is 0.482 e. The first-order valence-electron chi connectivity index (χ1n) is 6.19. The van der Waals surface area contributed by atoms with Gasteiger partial charge in [0, 0.05) is 16.4 Å². The Kier molecular flexibility index (Phi) is 4.94. The number of nitrogens with one attached hydrogen (secondary N) is 1. The minimum absolute atomic E-state index is 0.156. The Morgan fingerprint density at radius 2 is 2.05 bits per heavy atom.